The summed E-state index contributed by atoms with van der Waals surface area (Å²) in [5.74, 6) is 0.127. The van der Waals surface area contributed by atoms with Gasteiger partial charge in [-0.15, -0.1) is 11.8 Å². The van der Waals surface area contributed by atoms with Crippen molar-refractivity contribution < 1.29 is 9.59 Å². The second-order valence-corrected chi connectivity index (χ2v) is 9.47. The lowest BCUT2D eigenvalue weighted by molar-refractivity contribution is -0.129. The summed E-state index contributed by atoms with van der Waals surface area (Å²) in [5, 5.41) is 3.46. The molecule has 1 aliphatic heterocycles. The number of halogens is 1. The average Bonchev–Trinajstić information content (AvgIpc) is 2.81. The normalized spacial score (nSPS) is 20.4. The van der Waals surface area contributed by atoms with Gasteiger partial charge in [0, 0.05) is 36.3 Å². The zero-order chi connectivity index (χ0) is 19.5. The van der Waals surface area contributed by atoms with E-state index in [4.69, 9.17) is 11.6 Å². The maximum atomic E-state index is 12.6. The van der Waals surface area contributed by atoms with Crippen molar-refractivity contribution in [2.75, 3.05) is 20.1 Å². The number of carbonyl (C=O) groups excluding carboxylic acids is 2. The molecule has 1 aromatic carbocycles. The SMILES string of the molecule is C[C@@H]1S[C@H](c2ccccc2Cl)N(CCCN(C)C(=O)NC(C)(C)C)C1=O. The second-order valence-electron chi connectivity index (χ2n) is 7.64. The minimum Gasteiger partial charge on any atom is -0.333 e. The Morgan fingerprint density at radius 1 is 1.35 bits per heavy atom. The zero-order valence-corrected chi connectivity index (χ0v) is 17.7. The quantitative estimate of drug-likeness (QED) is 0.812. The number of nitrogens with one attached hydrogen (secondary N) is 1. The Labute approximate surface area is 165 Å². The Morgan fingerprint density at radius 2 is 2.00 bits per heavy atom. The van der Waals surface area contributed by atoms with Gasteiger partial charge in [-0.2, -0.15) is 0 Å². The summed E-state index contributed by atoms with van der Waals surface area (Å²) < 4.78 is 0. The zero-order valence-electron chi connectivity index (χ0n) is 16.1. The van der Waals surface area contributed by atoms with E-state index in [1.54, 1.807) is 23.7 Å². The van der Waals surface area contributed by atoms with Gasteiger partial charge in [-0.25, -0.2) is 4.79 Å². The van der Waals surface area contributed by atoms with Gasteiger partial charge in [-0.05, 0) is 40.2 Å². The van der Waals surface area contributed by atoms with Gasteiger partial charge in [0.1, 0.15) is 5.37 Å². The summed E-state index contributed by atoms with van der Waals surface area (Å²) in [6.07, 6.45) is 0.716. The number of urea groups is 1. The molecule has 2 atom stereocenters. The van der Waals surface area contributed by atoms with Crippen molar-refractivity contribution >= 4 is 35.3 Å². The molecule has 0 bridgehead atoms. The van der Waals surface area contributed by atoms with Crippen LogP contribution < -0.4 is 5.32 Å². The first-order valence-electron chi connectivity index (χ1n) is 8.84. The molecule has 1 saturated heterocycles. The minimum absolute atomic E-state index is 0.0695. The topological polar surface area (TPSA) is 52.6 Å². The van der Waals surface area contributed by atoms with E-state index in [-0.39, 0.29) is 28.1 Å². The molecule has 0 saturated carbocycles. The number of carbonyl (C=O) groups is 2. The summed E-state index contributed by atoms with van der Waals surface area (Å²) >= 11 is 7.96. The van der Waals surface area contributed by atoms with Crippen LogP contribution in [0.2, 0.25) is 5.02 Å². The van der Waals surface area contributed by atoms with Crippen molar-refractivity contribution in [3.8, 4) is 0 Å². The van der Waals surface area contributed by atoms with E-state index in [0.29, 0.717) is 24.5 Å². The number of amides is 3. The predicted molar refractivity (Wildman–Crippen MR) is 108 cm³/mol. The van der Waals surface area contributed by atoms with E-state index in [1.807, 2.05) is 56.9 Å². The second kappa shape index (κ2) is 8.53. The Morgan fingerprint density at radius 3 is 2.62 bits per heavy atom. The van der Waals surface area contributed by atoms with Crippen molar-refractivity contribution in [2.45, 2.75) is 50.3 Å². The van der Waals surface area contributed by atoms with Crippen molar-refractivity contribution in [3.05, 3.63) is 34.9 Å². The number of hydrogen-bond acceptors (Lipinski definition) is 3. The Hall–Kier alpha value is -1.40. The molecule has 0 unspecified atom stereocenters. The van der Waals surface area contributed by atoms with Crippen LogP contribution in [0.1, 0.15) is 45.1 Å². The molecule has 0 spiro atoms. The maximum absolute atomic E-state index is 12.6. The summed E-state index contributed by atoms with van der Waals surface area (Å²) in [5.41, 5.74) is 0.702. The fraction of sp³-hybridized carbons (Fsp3) is 0.579. The molecule has 1 aliphatic rings. The first kappa shape index (κ1) is 20.9. The van der Waals surface area contributed by atoms with Gasteiger partial charge < -0.3 is 15.1 Å². The van der Waals surface area contributed by atoms with Gasteiger partial charge in [0.25, 0.3) is 0 Å². The predicted octanol–water partition coefficient (Wildman–Crippen LogP) is 4.13. The lowest BCUT2D eigenvalue weighted by atomic mass is 10.1. The van der Waals surface area contributed by atoms with Gasteiger partial charge in [0.15, 0.2) is 0 Å². The van der Waals surface area contributed by atoms with E-state index in [1.165, 1.54) is 0 Å². The van der Waals surface area contributed by atoms with Crippen molar-refractivity contribution in [2.24, 2.45) is 0 Å². The van der Waals surface area contributed by atoms with Crippen LogP contribution in [0.5, 0.6) is 0 Å². The molecule has 2 rings (SSSR count). The number of thioether (sulfide) groups is 1. The molecule has 3 amide bonds. The number of hydrogen-bond donors (Lipinski definition) is 1. The van der Waals surface area contributed by atoms with Crippen LogP contribution in [-0.2, 0) is 4.79 Å². The third-order valence-corrected chi connectivity index (χ3v) is 5.86. The van der Waals surface area contributed by atoms with Crippen LogP contribution in [0.4, 0.5) is 4.79 Å². The molecule has 26 heavy (non-hydrogen) atoms. The number of nitrogens with zero attached hydrogens (tertiary/aromatic N) is 2. The first-order valence-corrected chi connectivity index (χ1v) is 10.2. The highest BCUT2D eigenvalue weighted by Crippen LogP contribution is 2.44. The third-order valence-electron chi connectivity index (χ3n) is 4.14. The fourth-order valence-corrected chi connectivity index (χ4v) is 4.46. The molecule has 144 valence electrons. The van der Waals surface area contributed by atoms with Crippen LogP contribution in [0, 0.1) is 0 Å². The molecule has 7 heteroatoms. The van der Waals surface area contributed by atoms with E-state index in [9.17, 15) is 9.59 Å². The van der Waals surface area contributed by atoms with Crippen LogP contribution >= 0.6 is 23.4 Å². The van der Waals surface area contributed by atoms with Gasteiger partial charge in [-0.1, -0.05) is 29.8 Å². The summed E-state index contributed by atoms with van der Waals surface area (Å²) in [7, 11) is 1.77. The third kappa shape index (κ3) is 5.30. The molecule has 1 heterocycles. The summed E-state index contributed by atoms with van der Waals surface area (Å²) in [4.78, 5) is 28.3. The molecule has 0 aromatic heterocycles. The average molecular weight is 398 g/mol. The lowest BCUT2D eigenvalue weighted by Gasteiger charge is -2.28. The maximum Gasteiger partial charge on any atom is 0.317 e. The molecule has 0 radical (unpaired) electrons. The standard InChI is InChI=1S/C19H28ClN3O2S/c1-13-16(24)23(17(26-13)14-9-6-7-10-15(14)20)12-8-11-22(5)18(25)21-19(2,3)4/h6-7,9-10,13,17H,8,11-12H2,1-5H3,(H,21,25)/t13-,17+/m0/s1. The molecule has 1 fully saturated rings. The Kier molecular flexibility index (Phi) is 6.86. The largest absolute Gasteiger partial charge is 0.333 e. The monoisotopic (exact) mass is 397 g/mol. The van der Waals surface area contributed by atoms with E-state index >= 15 is 0 Å². The van der Waals surface area contributed by atoms with Crippen LogP contribution in [0.15, 0.2) is 24.3 Å². The lowest BCUT2D eigenvalue weighted by Crippen LogP contribution is -2.47. The van der Waals surface area contributed by atoms with Crippen molar-refractivity contribution in [1.29, 1.82) is 0 Å². The van der Waals surface area contributed by atoms with Gasteiger partial charge in [0.05, 0.1) is 5.25 Å². The van der Waals surface area contributed by atoms with E-state index < -0.39 is 0 Å². The summed E-state index contributed by atoms with van der Waals surface area (Å²) in [6.45, 7) is 8.97. The van der Waals surface area contributed by atoms with E-state index in [2.05, 4.69) is 5.32 Å². The van der Waals surface area contributed by atoms with Crippen molar-refractivity contribution in [3.63, 3.8) is 0 Å². The fourth-order valence-electron chi connectivity index (χ4n) is 2.81. The van der Waals surface area contributed by atoms with Crippen LogP contribution in [-0.4, -0.2) is 52.7 Å². The highest BCUT2D eigenvalue weighted by molar-refractivity contribution is 8.01. The number of rotatable bonds is 5. The minimum atomic E-state index is -0.266. The van der Waals surface area contributed by atoms with Gasteiger partial charge in [-0.3, -0.25) is 4.79 Å². The Balaban J connectivity index is 1.97. The highest BCUT2D eigenvalue weighted by Gasteiger charge is 2.38. The molecule has 0 aliphatic carbocycles. The number of benzene rings is 1. The van der Waals surface area contributed by atoms with Crippen LogP contribution in [0.3, 0.4) is 0 Å². The summed E-state index contributed by atoms with van der Waals surface area (Å²) in [6, 6.07) is 7.56. The molecular formula is C19H28ClN3O2S. The first-order chi connectivity index (χ1) is 12.1. The molecular weight excluding hydrogens is 370 g/mol. The molecule has 5 nitrogen and oxygen atoms in total. The smallest absolute Gasteiger partial charge is 0.317 e. The Bertz CT molecular complexity index is 662. The highest BCUT2D eigenvalue weighted by atomic mass is 35.5. The van der Waals surface area contributed by atoms with E-state index in [0.717, 1.165) is 5.56 Å². The molecule has 1 N–H and O–H groups in total. The van der Waals surface area contributed by atoms with Crippen molar-refractivity contribution in [1.82, 2.24) is 15.1 Å². The molecule has 1 aromatic rings. The van der Waals surface area contributed by atoms with Crippen LogP contribution in [0.25, 0.3) is 0 Å². The van der Waals surface area contributed by atoms with Gasteiger partial charge >= 0.3 is 6.03 Å². The van der Waals surface area contributed by atoms with Gasteiger partial charge in [0.2, 0.25) is 5.91 Å².